The largest absolute Gasteiger partial charge is 0.393 e. The average molecular weight is 206 g/mol. The predicted molar refractivity (Wildman–Crippen MR) is 61.4 cm³/mol. The first-order valence-electron chi connectivity index (χ1n) is 6.32. The second-order valence-electron chi connectivity index (χ2n) is 6.62. The van der Waals surface area contributed by atoms with Crippen molar-refractivity contribution in [3.63, 3.8) is 0 Å². The number of fused-ring (bicyclic) bond motifs is 3. The molecule has 0 aromatic rings. The molecule has 0 amide bonds. The van der Waals surface area contributed by atoms with E-state index in [2.05, 4.69) is 20.4 Å². The van der Waals surface area contributed by atoms with Crippen molar-refractivity contribution in [2.45, 2.75) is 52.1 Å². The second kappa shape index (κ2) is 2.68. The van der Waals surface area contributed by atoms with Crippen LogP contribution in [0.3, 0.4) is 0 Å². The standard InChI is InChI=1S/C14H22O/c1-9-6-10-8-14(3)12(15)4-5-13(14,2)11(10)7-9/h10-12,15H,1,4-8H2,2-3H3/t10-,11-,12+,13+,14+/m0/s1. The molecule has 1 heteroatoms. The molecule has 0 aliphatic heterocycles. The molecule has 0 heterocycles. The van der Waals surface area contributed by atoms with E-state index in [1.807, 2.05) is 0 Å². The van der Waals surface area contributed by atoms with Gasteiger partial charge in [0.25, 0.3) is 0 Å². The van der Waals surface area contributed by atoms with Gasteiger partial charge in [0, 0.05) is 0 Å². The van der Waals surface area contributed by atoms with Gasteiger partial charge in [0.1, 0.15) is 0 Å². The van der Waals surface area contributed by atoms with Gasteiger partial charge in [-0.25, -0.2) is 0 Å². The van der Waals surface area contributed by atoms with Crippen molar-refractivity contribution in [3.05, 3.63) is 12.2 Å². The van der Waals surface area contributed by atoms with Gasteiger partial charge in [-0.2, -0.15) is 0 Å². The molecular formula is C14H22O. The monoisotopic (exact) mass is 206 g/mol. The van der Waals surface area contributed by atoms with Crippen molar-refractivity contribution >= 4 is 0 Å². The molecule has 84 valence electrons. The summed E-state index contributed by atoms with van der Waals surface area (Å²) in [4.78, 5) is 0. The Morgan fingerprint density at radius 3 is 2.73 bits per heavy atom. The number of aliphatic hydroxyl groups is 1. The average Bonchev–Trinajstić information content (AvgIpc) is 2.68. The fourth-order valence-corrected chi connectivity index (χ4v) is 4.98. The first-order valence-corrected chi connectivity index (χ1v) is 6.32. The van der Waals surface area contributed by atoms with Crippen LogP contribution >= 0.6 is 0 Å². The van der Waals surface area contributed by atoms with Crippen molar-refractivity contribution in [2.75, 3.05) is 0 Å². The lowest BCUT2D eigenvalue weighted by molar-refractivity contribution is 0.00509. The molecule has 5 atom stereocenters. The Morgan fingerprint density at radius 1 is 1.27 bits per heavy atom. The molecule has 0 radical (unpaired) electrons. The van der Waals surface area contributed by atoms with Gasteiger partial charge in [-0.3, -0.25) is 0 Å². The SMILES string of the molecule is C=C1C[C@H]2C[C@]3(C)[C@H](O)CC[C@]3(C)[C@H]2C1. The number of hydrogen-bond acceptors (Lipinski definition) is 1. The van der Waals surface area contributed by atoms with Crippen molar-refractivity contribution in [3.8, 4) is 0 Å². The third-order valence-electron chi connectivity index (χ3n) is 6.11. The summed E-state index contributed by atoms with van der Waals surface area (Å²) < 4.78 is 0. The summed E-state index contributed by atoms with van der Waals surface area (Å²) in [5.74, 6) is 1.63. The number of rotatable bonds is 0. The molecule has 0 bridgehead atoms. The van der Waals surface area contributed by atoms with Crippen LogP contribution in [0.4, 0.5) is 0 Å². The van der Waals surface area contributed by atoms with Crippen molar-refractivity contribution in [1.29, 1.82) is 0 Å². The zero-order valence-corrected chi connectivity index (χ0v) is 9.92. The molecule has 3 rings (SSSR count). The lowest BCUT2D eigenvalue weighted by atomic mass is 9.65. The fraction of sp³-hybridized carbons (Fsp3) is 0.857. The first kappa shape index (κ1) is 9.89. The minimum Gasteiger partial charge on any atom is -0.393 e. The van der Waals surface area contributed by atoms with Gasteiger partial charge < -0.3 is 5.11 Å². The van der Waals surface area contributed by atoms with Gasteiger partial charge in [-0.15, -0.1) is 0 Å². The van der Waals surface area contributed by atoms with Crippen LogP contribution < -0.4 is 0 Å². The maximum absolute atomic E-state index is 10.2. The van der Waals surface area contributed by atoms with Crippen LogP contribution in [-0.4, -0.2) is 11.2 Å². The smallest absolute Gasteiger partial charge is 0.0599 e. The first-order chi connectivity index (χ1) is 6.97. The van der Waals surface area contributed by atoms with E-state index in [0.717, 1.165) is 18.3 Å². The van der Waals surface area contributed by atoms with Gasteiger partial charge >= 0.3 is 0 Å². The summed E-state index contributed by atoms with van der Waals surface area (Å²) in [6, 6.07) is 0. The van der Waals surface area contributed by atoms with Gasteiger partial charge in [0.2, 0.25) is 0 Å². The van der Waals surface area contributed by atoms with Crippen LogP contribution in [0.1, 0.15) is 46.0 Å². The Kier molecular flexibility index (Phi) is 1.77. The molecule has 1 N–H and O–H groups in total. The van der Waals surface area contributed by atoms with Crippen LogP contribution in [0.2, 0.25) is 0 Å². The highest BCUT2D eigenvalue weighted by Gasteiger charge is 2.65. The summed E-state index contributed by atoms with van der Waals surface area (Å²) in [6.45, 7) is 8.91. The molecule has 1 nitrogen and oxygen atoms in total. The summed E-state index contributed by atoms with van der Waals surface area (Å²) in [5, 5.41) is 10.2. The predicted octanol–water partition coefficient (Wildman–Crippen LogP) is 3.14. The Bertz CT molecular complexity index is 321. The van der Waals surface area contributed by atoms with Gasteiger partial charge in [-0.05, 0) is 54.8 Å². The molecule has 0 aromatic heterocycles. The van der Waals surface area contributed by atoms with E-state index in [1.54, 1.807) is 0 Å². The van der Waals surface area contributed by atoms with E-state index in [1.165, 1.54) is 31.3 Å². The summed E-state index contributed by atoms with van der Waals surface area (Å²) in [6.07, 6.45) is 5.86. The van der Waals surface area contributed by atoms with Crippen LogP contribution in [0.15, 0.2) is 12.2 Å². The molecule has 3 aliphatic carbocycles. The van der Waals surface area contributed by atoms with E-state index >= 15 is 0 Å². The molecule has 3 aliphatic rings. The Balaban J connectivity index is 2.00. The highest BCUT2D eigenvalue weighted by atomic mass is 16.3. The second-order valence-corrected chi connectivity index (χ2v) is 6.62. The minimum absolute atomic E-state index is 0.0543. The van der Waals surface area contributed by atoms with Crippen molar-refractivity contribution in [2.24, 2.45) is 22.7 Å². The Labute approximate surface area is 92.6 Å². The normalized spacial score (nSPS) is 58.3. The maximum Gasteiger partial charge on any atom is 0.0599 e. The lowest BCUT2D eigenvalue weighted by Gasteiger charge is -2.40. The molecular weight excluding hydrogens is 184 g/mol. The zero-order chi connectivity index (χ0) is 10.8. The lowest BCUT2D eigenvalue weighted by Crippen LogP contribution is -2.37. The van der Waals surface area contributed by atoms with E-state index in [4.69, 9.17) is 0 Å². The molecule has 0 unspecified atom stereocenters. The van der Waals surface area contributed by atoms with Gasteiger partial charge in [-0.1, -0.05) is 26.0 Å². The molecule has 0 saturated heterocycles. The van der Waals surface area contributed by atoms with E-state index < -0.39 is 0 Å². The number of hydrogen-bond donors (Lipinski definition) is 1. The third kappa shape index (κ3) is 0.982. The van der Waals surface area contributed by atoms with Gasteiger partial charge in [0.15, 0.2) is 0 Å². The fourth-order valence-electron chi connectivity index (χ4n) is 4.98. The summed E-state index contributed by atoms with van der Waals surface area (Å²) >= 11 is 0. The quantitative estimate of drug-likeness (QED) is 0.604. The van der Waals surface area contributed by atoms with E-state index in [-0.39, 0.29) is 11.5 Å². The number of aliphatic hydroxyl groups excluding tert-OH is 1. The third-order valence-corrected chi connectivity index (χ3v) is 6.11. The van der Waals surface area contributed by atoms with E-state index in [0.29, 0.717) is 5.41 Å². The molecule has 0 spiro atoms. The number of allylic oxidation sites excluding steroid dienone is 1. The highest BCUT2D eigenvalue weighted by molar-refractivity contribution is 5.20. The minimum atomic E-state index is -0.0543. The van der Waals surface area contributed by atoms with Crippen LogP contribution in [-0.2, 0) is 0 Å². The maximum atomic E-state index is 10.2. The Morgan fingerprint density at radius 2 is 2.00 bits per heavy atom. The highest BCUT2D eigenvalue weighted by Crippen LogP contribution is 2.70. The van der Waals surface area contributed by atoms with Crippen LogP contribution in [0, 0.1) is 22.7 Å². The topological polar surface area (TPSA) is 20.2 Å². The molecule has 3 fully saturated rings. The van der Waals surface area contributed by atoms with E-state index in [9.17, 15) is 5.11 Å². The molecule has 0 aromatic carbocycles. The molecule has 3 saturated carbocycles. The van der Waals surface area contributed by atoms with Crippen molar-refractivity contribution < 1.29 is 5.11 Å². The summed E-state index contributed by atoms with van der Waals surface area (Å²) in [7, 11) is 0. The van der Waals surface area contributed by atoms with Crippen molar-refractivity contribution in [1.82, 2.24) is 0 Å². The zero-order valence-electron chi connectivity index (χ0n) is 9.92. The van der Waals surface area contributed by atoms with Crippen LogP contribution in [0.5, 0.6) is 0 Å². The van der Waals surface area contributed by atoms with Gasteiger partial charge in [0.05, 0.1) is 6.10 Å². The molecule has 15 heavy (non-hydrogen) atoms. The summed E-state index contributed by atoms with van der Waals surface area (Å²) in [5.41, 5.74) is 2.04. The van der Waals surface area contributed by atoms with Crippen LogP contribution in [0.25, 0.3) is 0 Å². The Hall–Kier alpha value is -0.300.